The maximum Gasteiger partial charge on any atom is 0.253 e. The number of rotatable bonds is 5. The molecule has 166 valence electrons. The van der Waals surface area contributed by atoms with E-state index in [0.717, 1.165) is 44.2 Å². The third kappa shape index (κ3) is 5.57. The fourth-order valence-electron chi connectivity index (χ4n) is 3.84. The summed E-state index contributed by atoms with van der Waals surface area (Å²) in [6.07, 6.45) is 0. The molecule has 6 heteroatoms. The van der Waals surface area contributed by atoms with E-state index in [4.69, 9.17) is 4.99 Å². The molecule has 0 unspecified atom stereocenters. The monoisotopic (exact) mass is 421 g/mol. The summed E-state index contributed by atoms with van der Waals surface area (Å²) in [5, 5.41) is 3.44. The van der Waals surface area contributed by atoms with Crippen LogP contribution in [-0.4, -0.2) is 68.5 Å². The maximum atomic E-state index is 12.1. The Morgan fingerprint density at radius 3 is 2.32 bits per heavy atom. The maximum absolute atomic E-state index is 12.1. The number of nitrogens with one attached hydrogen (secondary N) is 1. The van der Waals surface area contributed by atoms with Gasteiger partial charge in [-0.3, -0.25) is 4.79 Å². The van der Waals surface area contributed by atoms with E-state index in [2.05, 4.69) is 54.1 Å². The average molecular weight is 422 g/mol. The molecule has 0 atom stereocenters. The van der Waals surface area contributed by atoms with E-state index in [-0.39, 0.29) is 5.91 Å². The van der Waals surface area contributed by atoms with Crippen molar-refractivity contribution in [3.8, 4) is 0 Å². The number of amides is 1. The Bertz CT molecular complexity index is 912. The van der Waals surface area contributed by atoms with E-state index in [9.17, 15) is 4.79 Å². The molecular weight excluding hydrogens is 386 g/mol. The lowest BCUT2D eigenvalue weighted by atomic mass is 10.1. The fourth-order valence-corrected chi connectivity index (χ4v) is 3.84. The molecule has 0 radical (unpaired) electrons. The van der Waals surface area contributed by atoms with Gasteiger partial charge < -0.3 is 20.0 Å². The van der Waals surface area contributed by atoms with Gasteiger partial charge in [-0.05, 0) is 55.7 Å². The van der Waals surface area contributed by atoms with Gasteiger partial charge in [-0.25, -0.2) is 4.99 Å². The normalized spacial score (nSPS) is 14.5. The second kappa shape index (κ2) is 10.3. The van der Waals surface area contributed by atoms with Crippen LogP contribution in [0.5, 0.6) is 0 Å². The summed E-state index contributed by atoms with van der Waals surface area (Å²) in [5.41, 5.74) is 5.85. The average Bonchev–Trinajstić information content (AvgIpc) is 2.78. The van der Waals surface area contributed by atoms with E-state index < -0.39 is 0 Å². The van der Waals surface area contributed by atoms with E-state index >= 15 is 0 Å². The number of hydrogen-bond acceptors (Lipinski definition) is 3. The molecule has 0 bridgehead atoms. The quantitative estimate of drug-likeness (QED) is 0.595. The Morgan fingerprint density at radius 2 is 1.71 bits per heavy atom. The lowest BCUT2D eigenvalue weighted by Crippen LogP contribution is -2.52. The van der Waals surface area contributed by atoms with Crippen molar-refractivity contribution < 1.29 is 4.79 Å². The highest BCUT2D eigenvalue weighted by Gasteiger charge is 2.21. The SMILES string of the molecule is CCNC(=NCc1ccc(C(=O)N(C)C)cc1)N1CCN(c2cccc(C)c2C)CC1. The highest BCUT2D eigenvalue weighted by Crippen LogP contribution is 2.24. The van der Waals surface area contributed by atoms with Crippen molar-refractivity contribution in [3.05, 3.63) is 64.7 Å². The highest BCUT2D eigenvalue weighted by molar-refractivity contribution is 5.93. The molecule has 2 aromatic carbocycles. The lowest BCUT2D eigenvalue weighted by Gasteiger charge is -2.38. The second-order valence-electron chi connectivity index (χ2n) is 8.26. The molecule has 0 aromatic heterocycles. The first-order valence-electron chi connectivity index (χ1n) is 11.1. The summed E-state index contributed by atoms with van der Waals surface area (Å²) in [4.78, 5) is 23.3. The van der Waals surface area contributed by atoms with Gasteiger partial charge in [0, 0.05) is 58.1 Å². The van der Waals surface area contributed by atoms with Crippen molar-refractivity contribution in [2.45, 2.75) is 27.3 Å². The highest BCUT2D eigenvalue weighted by atomic mass is 16.2. The number of benzene rings is 2. The Hall–Kier alpha value is -3.02. The molecule has 0 spiro atoms. The number of hydrogen-bond donors (Lipinski definition) is 1. The zero-order chi connectivity index (χ0) is 22.4. The molecule has 1 heterocycles. The minimum atomic E-state index is 0.0186. The first kappa shape index (κ1) is 22.7. The van der Waals surface area contributed by atoms with Crippen LogP contribution in [0, 0.1) is 13.8 Å². The number of carbonyl (C=O) groups is 1. The Balaban J connectivity index is 1.64. The number of anilines is 1. The van der Waals surface area contributed by atoms with Crippen molar-refractivity contribution >= 4 is 17.6 Å². The number of aryl methyl sites for hydroxylation is 1. The minimum Gasteiger partial charge on any atom is -0.368 e. The molecule has 3 rings (SSSR count). The van der Waals surface area contributed by atoms with Gasteiger partial charge in [0.05, 0.1) is 6.54 Å². The molecule has 6 nitrogen and oxygen atoms in total. The van der Waals surface area contributed by atoms with Gasteiger partial charge in [0.25, 0.3) is 5.91 Å². The van der Waals surface area contributed by atoms with Crippen LogP contribution in [0.1, 0.15) is 34.0 Å². The van der Waals surface area contributed by atoms with Gasteiger partial charge >= 0.3 is 0 Å². The van der Waals surface area contributed by atoms with Crippen LogP contribution in [0.4, 0.5) is 5.69 Å². The third-order valence-electron chi connectivity index (χ3n) is 5.85. The van der Waals surface area contributed by atoms with E-state index in [1.54, 1.807) is 19.0 Å². The van der Waals surface area contributed by atoms with E-state index in [0.29, 0.717) is 12.1 Å². The Kier molecular flexibility index (Phi) is 7.55. The van der Waals surface area contributed by atoms with Gasteiger partial charge in [-0.1, -0.05) is 24.3 Å². The van der Waals surface area contributed by atoms with Crippen molar-refractivity contribution in [2.24, 2.45) is 4.99 Å². The van der Waals surface area contributed by atoms with Crippen LogP contribution in [0.2, 0.25) is 0 Å². The molecule has 1 aliphatic heterocycles. The molecule has 1 amide bonds. The number of nitrogens with zero attached hydrogens (tertiary/aromatic N) is 4. The fraction of sp³-hybridized carbons (Fsp3) is 0.440. The Morgan fingerprint density at radius 1 is 1.03 bits per heavy atom. The van der Waals surface area contributed by atoms with Gasteiger partial charge in [0.1, 0.15) is 0 Å². The first-order chi connectivity index (χ1) is 14.9. The number of carbonyl (C=O) groups excluding carboxylic acids is 1. The summed E-state index contributed by atoms with van der Waals surface area (Å²) in [6.45, 7) is 11.8. The predicted octanol–water partition coefficient (Wildman–Crippen LogP) is 3.29. The molecule has 1 N–H and O–H groups in total. The largest absolute Gasteiger partial charge is 0.368 e. The molecule has 0 saturated carbocycles. The lowest BCUT2D eigenvalue weighted by molar-refractivity contribution is 0.0827. The van der Waals surface area contributed by atoms with Crippen molar-refractivity contribution in [3.63, 3.8) is 0 Å². The smallest absolute Gasteiger partial charge is 0.253 e. The van der Waals surface area contributed by atoms with Crippen LogP contribution < -0.4 is 10.2 Å². The summed E-state index contributed by atoms with van der Waals surface area (Å²) >= 11 is 0. The number of piperazine rings is 1. The minimum absolute atomic E-state index is 0.0186. The Labute approximate surface area is 186 Å². The van der Waals surface area contributed by atoms with Gasteiger partial charge in [-0.15, -0.1) is 0 Å². The van der Waals surface area contributed by atoms with Crippen molar-refractivity contribution in [2.75, 3.05) is 51.7 Å². The van der Waals surface area contributed by atoms with Crippen LogP contribution in [0.15, 0.2) is 47.5 Å². The summed E-state index contributed by atoms with van der Waals surface area (Å²) < 4.78 is 0. The molecule has 1 fully saturated rings. The van der Waals surface area contributed by atoms with Crippen LogP contribution >= 0.6 is 0 Å². The molecule has 2 aromatic rings. The molecule has 0 aliphatic carbocycles. The first-order valence-corrected chi connectivity index (χ1v) is 11.1. The third-order valence-corrected chi connectivity index (χ3v) is 5.85. The second-order valence-corrected chi connectivity index (χ2v) is 8.26. The topological polar surface area (TPSA) is 51.2 Å². The van der Waals surface area contributed by atoms with Crippen LogP contribution in [0.3, 0.4) is 0 Å². The van der Waals surface area contributed by atoms with Gasteiger partial charge in [-0.2, -0.15) is 0 Å². The predicted molar refractivity (Wildman–Crippen MR) is 129 cm³/mol. The van der Waals surface area contributed by atoms with Crippen molar-refractivity contribution in [1.82, 2.24) is 15.1 Å². The summed E-state index contributed by atoms with van der Waals surface area (Å²) in [7, 11) is 3.53. The van der Waals surface area contributed by atoms with Crippen LogP contribution in [0.25, 0.3) is 0 Å². The van der Waals surface area contributed by atoms with E-state index in [1.807, 2.05) is 24.3 Å². The number of guanidine groups is 1. The van der Waals surface area contributed by atoms with Gasteiger partial charge in [0.2, 0.25) is 0 Å². The summed E-state index contributed by atoms with van der Waals surface area (Å²) in [6, 6.07) is 14.3. The summed E-state index contributed by atoms with van der Waals surface area (Å²) in [5.74, 6) is 0.974. The zero-order valence-electron chi connectivity index (χ0n) is 19.5. The van der Waals surface area contributed by atoms with Crippen LogP contribution in [-0.2, 0) is 6.54 Å². The molecule has 31 heavy (non-hydrogen) atoms. The molecule has 1 saturated heterocycles. The molecular formula is C25H35N5O. The zero-order valence-corrected chi connectivity index (χ0v) is 19.5. The van der Waals surface area contributed by atoms with Gasteiger partial charge in [0.15, 0.2) is 5.96 Å². The number of aliphatic imine (C=N–C) groups is 1. The molecule has 1 aliphatic rings. The van der Waals surface area contributed by atoms with E-state index in [1.165, 1.54) is 16.8 Å². The standard InChI is InChI=1S/C25H35N5O/c1-6-26-25(27-18-21-10-12-22(13-11-21)24(31)28(4)5)30-16-14-29(15-17-30)23-9-7-8-19(2)20(23)3/h7-13H,6,14-18H2,1-5H3,(H,26,27). The van der Waals surface area contributed by atoms with Crippen molar-refractivity contribution in [1.29, 1.82) is 0 Å².